The Kier molecular flexibility index (Phi) is 17.1. The van der Waals surface area contributed by atoms with E-state index < -0.39 is 7.92 Å². The van der Waals surface area contributed by atoms with Gasteiger partial charge in [0.05, 0.1) is 21.5 Å². The van der Waals surface area contributed by atoms with Crippen LogP contribution in [0, 0.1) is 37.5 Å². The van der Waals surface area contributed by atoms with Crippen molar-refractivity contribution in [3.63, 3.8) is 0 Å². The molecular weight excluding hydrogens is 960 g/mol. The summed E-state index contributed by atoms with van der Waals surface area (Å²) in [5.74, 6) is 1.35. The Balaban J connectivity index is 0.000000137. The molecule has 0 bridgehead atoms. The van der Waals surface area contributed by atoms with Crippen LogP contribution < -0.4 is 21.6 Å². The van der Waals surface area contributed by atoms with Gasteiger partial charge in [-0.2, -0.15) is 0 Å². The minimum atomic E-state index is -0.446. The van der Waals surface area contributed by atoms with Crippen LogP contribution in [0.15, 0.2) is 182 Å². The van der Waals surface area contributed by atoms with Crippen LogP contribution in [0.1, 0.15) is 58.4 Å². The first kappa shape index (κ1) is 51.6. The third-order valence-corrected chi connectivity index (χ3v) is 19.9. The minimum Gasteiger partial charge on any atom is -0.330 e. The number of aryl methyl sites for hydroxylation is 2. The number of thioether (sulfide) groups is 2. The number of pyridine rings is 2. The Hall–Kier alpha value is -6.26. The molecule has 73 heavy (non-hydrogen) atoms. The molecule has 4 aliphatic rings. The molecule has 0 spiro atoms. The molecule has 11 rings (SSSR count). The summed E-state index contributed by atoms with van der Waals surface area (Å²) >= 11 is 2.91. The molecule has 2 aromatic heterocycles. The van der Waals surface area contributed by atoms with Gasteiger partial charge in [-0.25, -0.2) is 0 Å². The van der Waals surface area contributed by atoms with Crippen molar-refractivity contribution in [2.45, 2.75) is 62.1 Å². The molecule has 372 valence electrons. The number of nitrogens with zero attached hydrogens (tertiary/aromatic N) is 7. The van der Waals surface area contributed by atoms with Gasteiger partial charge in [0.25, 0.3) is 10.5 Å². The number of carbonyl (C=O) groups excluding carboxylic acids is 2. The van der Waals surface area contributed by atoms with E-state index in [-0.39, 0.29) is 39.0 Å². The zero-order valence-electron chi connectivity index (χ0n) is 41.6. The van der Waals surface area contributed by atoms with Crippen molar-refractivity contribution in [2.75, 3.05) is 26.2 Å². The molecule has 4 aliphatic heterocycles. The molecule has 7 aromatic rings. The average Bonchev–Trinajstić information content (AvgIpc) is 3.94. The van der Waals surface area contributed by atoms with Crippen molar-refractivity contribution < 1.29 is 9.59 Å². The first-order chi connectivity index (χ1) is 35.7. The van der Waals surface area contributed by atoms with Crippen molar-refractivity contribution in [3.05, 3.63) is 210 Å². The number of hydrogen-bond donors (Lipinski definition) is 1. The van der Waals surface area contributed by atoms with Crippen molar-refractivity contribution in [3.8, 4) is 0 Å². The van der Waals surface area contributed by atoms with Crippen LogP contribution >= 0.6 is 31.4 Å². The summed E-state index contributed by atoms with van der Waals surface area (Å²) in [4.78, 5) is 41.4. The standard InChI is InChI=1S/C21H23N5OS.C21H25N3OS.C18H15P/c1-3-14(12-24-25-22)15-7-9-26-19(11-15)20(28-21(26)27)16-6-8-23-18-5-4-13(2)10-17(16)18;1-3-14(12-22)15-7-9-24-19(11-15)20(26-21(24)25)16-6-8-23-18-5-4-13(2)10-17(16)18;1-4-10-16(11-5-1)19(17-12-6-2-7-13-17)18-14-8-3-9-15-18/h3-6,8,10,14-15,19-20H,1,7,9,11-12H2,2H3;3-6,8,10,14-15,19-20H,1,7,9,11-12,22H2,2H3;1-15H/t2*14-,15-,19-,20+;/m00./s1. The summed E-state index contributed by atoms with van der Waals surface area (Å²) in [6.07, 6.45) is 11.4. The molecule has 0 aliphatic carbocycles. The maximum atomic E-state index is 12.7. The average molecular weight is 1020 g/mol. The van der Waals surface area contributed by atoms with E-state index in [4.69, 9.17) is 11.3 Å². The number of nitrogens with two attached hydrogens (primary N) is 1. The minimum absolute atomic E-state index is 0.0903. The Bertz CT molecular complexity index is 3010. The molecule has 0 saturated carbocycles. The predicted molar refractivity (Wildman–Crippen MR) is 306 cm³/mol. The van der Waals surface area contributed by atoms with Crippen LogP contribution in [-0.4, -0.2) is 68.5 Å². The molecule has 6 heterocycles. The number of azide groups is 1. The summed E-state index contributed by atoms with van der Waals surface area (Å²) in [6.45, 7) is 14.7. The predicted octanol–water partition coefficient (Wildman–Crippen LogP) is 13.4. The molecule has 4 fully saturated rings. The van der Waals surface area contributed by atoms with E-state index in [0.717, 1.165) is 55.2 Å². The fourth-order valence-corrected chi connectivity index (χ4v) is 16.1. The van der Waals surface area contributed by atoms with E-state index in [1.807, 2.05) is 35.5 Å². The second-order valence-corrected chi connectivity index (χ2v) is 23.7. The van der Waals surface area contributed by atoms with E-state index >= 15 is 0 Å². The van der Waals surface area contributed by atoms with E-state index in [1.165, 1.54) is 67.1 Å². The summed E-state index contributed by atoms with van der Waals surface area (Å²) in [7, 11) is -0.446. The van der Waals surface area contributed by atoms with Gasteiger partial charge >= 0.3 is 0 Å². The fraction of sp³-hybridized carbons (Fsp3) is 0.300. The molecule has 13 heteroatoms. The monoisotopic (exact) mass is 1020 g/mol. The maximum absolute atomic E-state index is 12.7. The number of hydrogen-bond acceptors (Lipinski definition) is 8. The van der Waals surface area contributed by atoms with Gasteiger partial charge in [-0.1, -0.05) is 155 Å². The zero-order valence-corrected chi connectivity index (χ0v) is 44.1. The van der Waals surface area contributed by atoms with Crippen LogP contribution in [0.25, 0.3) is 32.2 Å². The second kappa shape index (κ2) is 24.2. The largest absolute Gasteiger partial charge is 0.330 e. The lowest BCUT2D eigenvalue weighted by Gasteiger charge is -2.39. The van der Waals surface area contributed by atoms with Gasteiger partial charge in [-0.05, 0) is 147 Å². The van der Waals surface area contributed by atoms with Crippen LogP contribution in [0.4, 0.5) is 9.59 Å². The lowest BCUT2D eigenvalue weighted by atomic mass is 9.79. The van der Waals surface area contributed by atoms with Gasteiger partial charge in [-0.15, -0.1) is 13.2 Å². The number of benzene rings is 5. The Morgan fingerprint density at radius 1 is 0.671 bits per heavy atom. The first-order valence-corrected chi connectivity index (χ1v) is 28.4. The third kappa shape index (κ3) is 11.6. The molecule has 4 saturated heterocycles. The third-order valence-electron chi connectivity index (χ3n) is 15.0. The quantitative estimate of drug-likeness (QED) is 0.0422. The Morgan fingerprint density at radius 3 is 1.49 bits per heavy atom. The summed E-state index contributed by atoms with van der Waals surface area (Å²) in [5, 5.41) is 10.9. The van der Waals surface area contributed by atoms with Crippen LogP contribution in [0.3, 0.4) is 0 Å². The van der Waals surface area contributed by atoms with Crippen molar-refractivity contribution >= 4 is 79.6 Å². The summed E-state index contributed by atoms with van der Waals surface area (Å²) < 4.78 is 0. The number of piperidine rings is 2. The van der Waals surface area contributed by atoms with Crippen LogP contribution in [-0.2, 0) is 0 Å². The topological polar surface area (TPSA) is 141 Å². The molecule has 5 aromatic carbocycles. The Labute approximate surface area is 439 Å². The highest BCUT2D eigenvalue weighted by Crippen LogP contribution is 2.52. The number of fused-ring (bicyclic) bond motifs is 4. The lowest BCUT2D eigenvalue weighted by Crippen LogP contribution is -2.44. The molecule has 10 nitrogen and oxygen atoms in total. The first-order valence-electron chi connectivity index (χ1n) is 25.3. The molecule has 8 atom stereocenters. The highest BCUT2D eigenvalue weighted by Gasteiger charge is 2.47. The van der Waals surface area contributed by atoms with Gasteiger partial charge in [0.15, 0.2) is 0 Å². The molecule has 2 N–H and O–H groups in total. The second-order valence-electron chi connectivity index (χ2n) is 19.3. The van der Waals surface area contributed by atoms with E-state index in [2.05, 4.69) is 185 Å². The van der Waals surface area contributed by atoms with Gasteiger partial charge in [0.2, 0.25) is 0 Å². The van der Waals surface area contributed by atoms with Gasteiger partial charge in [0, 0.05) is 59.8 Å². The molecule has 0 unspecified atom stereocenters. The normalized spacial score (nSPS) is 22.0. The molecule has 2 amide bonds. The maximum Gasteiger partial charge on any atom is 0.282 e. The number of rotatable bonds is 12. The van der Waals surface area contributed by atoms with Gasteiger partial charge in [-0.3, -0.25) is 19.6 Å². The summed E-state index contributed by atoms with van der Waals surface area (Å²) in [6, 6.07) is 49.5. The number of amides is 2. The van der Waals surface area contributed by atoms with Crippen molar-refractivity contribution in [1.29, 1.82) is 0 Å². The fourth-order valence-electron chi connectivity index (χ4n) is 11.2. The van der Waals surface area contributed by atoms with Gasteiger partial charge < -0.3 is 15.5 Å². The number of aromatic nitrogens is 2. The molecule has 0 radical (unpaired) electrons. The van der Waals surface area contributed by atoms with E-state index in [0.29, 0.717) is 30.8 Å². The lowest BCUT2D eigenvalue weighted by molar-refractivity contribution is 0.135. The zero-order chi connectivity index (χ0) is 50.8. The Morgan fingerprint density at radius 2 is 1.10 bits per heavy atom. The van der Waals surface area contributed by atoms with Crippen LogP contribution in [0.2, 0.25) is 0 Å². The highest BCUT2D eigenvalue weighted by molar-refractivity contribution is 8.14. The smallest absolute Gasteiger partial charge is 0.282 e. The SMILES string of the molecule is C=C[C@@H](CN)[C@H]1CCN2C(=O)S[C@H](c3ccnc4ccc(C)cc34)[C@@H]2C1.C=C[C@@H](CN=[N+]=[N-])[C@H]1CCN2C(=O)S[C@H](c3ccnc4ccc(C)cc34)[C@@H]2C1.c1ccc(P(c2ccccc2)c2ccccc2)cc1. The van der Waals surface area contributed by atoms with E-state index in [9.17, 15) is 9.59 Å². The van der Waals surface area contributed by atoms with Crippen LogP contribution in [0.5, 0.6) is 0 Å². The van der Waals surface area contributed by atoms with E-state index in [1.54, 1.807) is 0 Å². The summed E-state index contributed by atoms with van der Waals surface area (Å²) in [5.41, 5.74) is 21.4. The molecular formula is C60H63N8O2PS2. The number of carbonyl (C=O) groups is 2. The highest BCUT2D eigenvalue weighted by atomic mass is 32.2. The van der Waals surface area contributed by atoms with Crippen molar-refractivity contribution in [2.24, 2.45) is 34.5 Å². The van der Waals surface area contributed by atoms with Crippen molar-refractivity contribution in [1.82, 2.24) is 19.8 Å². The van der Waals surface area contributed by atoms with Gasteiger partial charge in [0.1, 0.15) is 0 Å².